The van der Waals surface area contributed by atoms with Gasteiger partial charge in [-0.25, -0.2) is 14.4 Å². The van der Waals surface area contributed by atoms with E-state index in [1.165, 1.54) is 22.7 Å². The van der Waals surface area contributed by atoms with E-state index in [1.54, 1.807) is 29.8 Å². The van der Waals surface area contributed by atoms with E-state index >= 15 is 0 Å². The van der Waals surface area contributed by atoms with E-state index in [1.807, 2.05) is 0 Å². The zero-order chi connectivity index (χ0) is 14.8. The maximum atomic E-state index is 13.8. The summed E-state index contributed by atoms with van der Waals surface area (Å²) >= 11 is 9.22. The molecule has 108 valence electrons. The highest BCUT2D eigenvalue weighted by molar-refractivity contribution is 7.98. The van der Waals surface area contributed by atoms with Crippen molar-refractivity contribution in [1.29, 1.82) is 0 Å². The van der Waals surface area contributed by atoms with Crippen LogP contribution in [0.4, 0.5) is 4.39 Å². The Labute approximate surface area is 135 Å². The summed E-state index contributed by atoms with van der Waals surface area (Å²) in [5.41, 5.74) is 0.516. The first-order chi connectivity index (χ1) is 10.2. The third-order valence-corrected chi connectivity index (χ3v) is 5.68. The van der Waals surface area contributed by atoms with Gasteiger partial charge in [0.05, 0.1) is 0 Å². The second kappa shape index (κ2) is 6.30. The van der Waals surface area contributed by atoms with E-state index in [4.69, 9.17) is 11.6 Å². The van der Waals surface area contributed by atoms with E-state index < -0.39 is 0 Å². The molecule has 3 rings (SSSR count). The molecule has 0 N–H and O–H groups in total. The van der Waals surface area contributed by atoms with Crippen LogP contribution in [0.2, 0.25) is 5.02 Å². The standard InChI is InChI=1S/C15H12ClFN2S2/c1-2-9-6-10-14(18-8-19-15(10)21-9)20-7-11-12(16)4-3-5-13(11)17/h3-6,8H,2,7H2,1H3. The highest BCUT2D eigenvalue weighted by atomic mass is 35.5. The molecule has 1 aromatic carbocycles. The Bertz CT molecular complexity index is 768. The topological polar surface area (TPSA) is 25.8 Å². The van der Waals surface area contributed by atoms with Crippen molar-refractivity contribution in [1.82, 2.24) is 9.97 Å². The lowest BCUT2D eigenvalue weighted by Crippen LogP contribution is -1.90. The van der Waals surface area contributed by atoms with E-state index in [-0.39, 0.29) is 5.82 Å². The number of rotatable bonds is 4. The molecule has 0 unspecified atom stereocenters. The lowest BCUT2D eigenvalue weighted by molar-refractivity contribution is 0.617. The molecule has 0 amide bonds. The summed E-state index contributed by atoms with van der Waals surface area (Å²) in [6, 6.07) is 6.86. The van der Waals surface area contributed by atoms with Gasteiger partial charge in [-0.15, -0.1) is 23.1 Å². The zero-order valence-corrected chi connectivity index (χ0v) is 13.7. The van der Waals surface area contributed by atoms with Crippen LogP contribution in [0.5, 0.6) is 0 Å². The first kappa shape index (κ1) is 14.8. The van der Waals surface area contributed by atoms with E-state index in [0.717, 1.165) is 21.7 Å². The third-order valence-electron chi connectivity index (χ3n) is 3.11. The fourth-order valence-corrected chi connectivity index (χ4v) is 4.30. The fraction of sp³-hybridized carbons (Fsp3) is 0.200. The van der Waals surface area contributed by atoms with Gasteiger partial charge < -0.3 is 0 Å². The highest BCUT2D eigenvalue weighted by Crippen LogP contribution is 2.34. The smallest absolute Gasteiger partial charge is 0.128 e. The fourth-order valence-electron chi connectivity index (χ4n) is 1.98. The van der Waals surface area contributed by atoms with Crippen LogP contribution >= 0.6 is 34.7 Å². The third kappa shape index (κ3) is 3.05. The molecule has 2 heterocycles. The Morgan fingerprint density at radius 2 is 2.19 bits per heavy atom. The van der Waals surface area contributed by atoms with Gasteiger partial charge in [-0.05, 0) is 24.6 Å². The lowest BCUT2D eigenvalue weighted by Gasteiger charge is -2.05. The molecule has 2 aromatic heterocycles. The van der Waals surface area contributed by atoms with Crippen molar-refractivity contribution in [3.05, 3.63) is 51.9 Å². The normalized spacial score (nSPS) is 11.2. The van der Waals surface area contributed by atoms with Crippen molar-refractivity contribution in [3.63, 3.8) is 0 Å². The average Bonchev–Trinajstić information content (AvgIpc) is 2.90. The average molecular weight is 339 g/mol. The molecule has 21 heavy (non-hydrogen) atoms. The van der Waals surface area contributed by atoms with Crippen LogP contribution in [0, 0.1) is 5.82 Å². The molecule has 0 saturated heterocycles. The number of aromatic nitrogens is 2. The molecule has 0 aliphatic rings. The molecule has 2 nitrogen and oxygen atoms in total. The molecule has 3 aromatic rings. The number of benzene rings is 1. The van der Waals surface area contributed by atoms with E-state index in [9.17, 15) is 4.39 Å². The van der Waals surface area contributed by atoms with Crippen molar-refractivity contribution in [2.75, 3.05) is 0 Å². The molecular weight excluding hydrogens is 327 g/mol. The van der Waals surface area contributed by atoms with Crippen LogP contribution < -0.4 is 0 Å². The van der Waals surface area contributed by atoms with Crippen LogP contribution in [0.15, 0.2) is 35.6 Å². The van der Waals surface area contributed by atoms with Crippen LogP contribution in [-0.2, 0) is 12.2 Å². The summed E-state index contributed by atoms with van der Waals surface area (Å²) in [5, 5.41) is 2.36. The number of nitrogens with zero attached hydrogens (tertiary/aromatic N) is 2. The molecule has 0 bridgehead atoms. The maximum absolute atomic E-state index is 13.8. The quantitative estimate of drug-likeness (QED) is 0.474. The largest absolute Gasteiger partial charge is 0.229 e. The van der Waals surface area contributed by atoms with Crippen LogP contribution in [-0.4, -0.2) is 9.97 Å². The number of thioether (sulfide) groups is 1. The highest BCUT2D eigenvalue weighted by Gasteiger charge is 2.12. The van der Waals surface area contributed by atoms with Gasteiger partial charge in [0.15, 0.2) is 0 Å². The zero-order valence-electron chi connectivity index (χ0n) is 11.3. The van der Waals surface area contributed by atoms with Crippen molar-refractivity contribution < 1.29 is 4.39 Å². The summed E-state index contributed by atoms with van der Waals surface area (Å²) in [7, 11) is 0. The van der Waals surface area contributed by atoms with E-state index in [0.29, 0.717) is 16.3 Å². The number of aryl methyl sites for hydroxylation is 1. The maximum Gasteiger partial charge on any atom is 0.128 e. The van der Waals surface area contributed by atoms with Gasteiger partial charge in [0, 0.05) is 26.6 Å². The van der Waals surface area contributed by atoms with Gasteiger partial charge in [-0.3, -0.25) is 0 Å². The van der Waals surface area contributed by atoms with Crippen LogP contribution in [0.25, 0.3) is 10.2 Å². The Morgan fingerprint density at radius 1 is 1.33 bits per heavy atom. The molecule has 6 heteroatoms. The number of hydrogen-bond donors (Lipinski definition) is 0. The van der Waals surface area contributed by atoms with Crippen molar-refractivity contribution in [2.24, 2.45) is 0 Å². The summed E-state index contributed by atoms with van der Waals surface area (Å²) in [4.78, 5) is 10.9. The Kier molecular flexibility index (Phi) is 4.42. The minimum absolute atomic E-state index is 0.278. The van der Waals surface area contributed by atoms with Gasteiger partial charge >= 0.3 is 0 Å². The predicted octanol–water partition coefficient (Wildman–Crippen LogP) is 5.34. The van der Waals surface area contributed by atoms with Crippen LogP contribution in [0.3, 0.4) is 0 Å². The number of hydrogen-bond acceptors (Lipinski definition) is 4. The van der Waals surface area contributed by atoms with Crippen molar-refractivity contribution in [3.8, 4) is 0 Å². The van der Waals surface area contributed by atoms with Gasteiger partial charge in [0.2, 0.25) is 0 Å². The van der Waals surface area contributed by atoms with Crippen molar-refractivity contribution in [2.45, 2.75) is 24.1 Å². The minimum Gasteiger partial charge on any atom is -0.229 e. The molecular formula is C15H12ClFN2S2. The first-order valence-electron chi connectivity index (χ1n) is 6.48. The van der Waals surface area contributed by atoms with Gasteiger partial charge in [-0.1, -0.05) is 24.6 Å². The molecule has 0 saturated carbocycles. The molecule has 0 aliphatic heterocycles. The molecule has 0 atom stereocenters. The number of fused-ring (bicyclic) bond motifs is 1. The van der Waals surface area contributed by atoms with Gasteiger partial charge in [0.1, 0.15) is 22.0 Å². The lowest BCUT2D eigenvalue weighted by atomic mass is 10.2. The summed E-state index contributed by atoms with van der Waals surface area (Å²) in [6.45, 7) is 2.12. The number of halogens is 2. The molecule has 0 spiro atoms. The number of thiophene rings is 1. The van der Waals surface area contributed by atoms with E-state index in [2.05, 4.69) is 23.0 Å². The molecule has 0 aliphatic carbocycles. The Morgan fingerprint density at radius 3 is 2.95 bits per heavy atom. The SMILES string of the molecule is CCc1cc2c(SCc3c(F)cccc3Cl)ncnc2s1. The summed E-state index contributed by atoms with van der Waals surface area (Å²) in [5.74, 6) is 0.175. The minimum atomic E-state index is -0.278. The molecule has 0 fully saturated rings. The first-order valence-corrected chi connectivity index (χ1v) is 8.66. The van der Waals surface area contributed by atoms with Gasteiger partial charge in [-0.2, -0.15) is 0 Å². The molecule has 0 radical (unpaired) electrons. The Balaban J connectivity index is 1.90. The second-order valence-corrected chi connectivity index (χ2v) is 6.94. The van der Waals surface area contributed by atoms with Gasteiger partial charge in [0.25, 0.3) is 0 Å². The van der Waals surface area contributed by atoms with Crippen LogP contribution in [0.1, 0.15) is 17.4 Å². The second-order valence-electron chi connectivity index (χ2n) is 4.45. The Hall–Kier alpha value is -1.17. The monoisotopic (exact) mass is 338 g/mol. The summed E-state index contributed by atoms with van der Waals surface area (Å²) < 4.78 is 13.8. The van der Waals surface area contributed by atoms with Crippen molar-refractivity contribution >= 4 is 44.9 Å². The summed E-state index contributed by atoms with van der Waals surface area (Å²) in [6.07, 6.45) is 2.54. The predicted molar refractivity (Wildman–Crippen MR) is 87.8 cm³/mol.